The normalized spacial score (nSPS) is 10.1. The van der Waals surface area contributed by atoms with Crippen LogP contribution in [-0.4, -0.2) is 9.55 Å². The zero-order valence-corrected chi connectivity index (χ0v) is 9.07. The molecule has 0 amide bonds. The van der Waals surface area contributed by atoms with E-state index >= 15 is 0 Å². The molecule has 0 saturated carbocycles. The van der Waals surface area contributed by atoms with Gasteiger partial charge >= 0.3 is 0 Å². The third-order valence-electron chi connectivity index (χ3n) is 2.14. The van der Waals surface area contributed by atoms with Gasteiger partial charge < -0.3 is 4.57 Å². The Morgan fingerprint density at radius 2 is 2.47 bits per heavy atom. The van der Waals surface area contributed by atoms with E-state index in [0.717, 1.165) is 18.8 Å². The van der Waals surface area contributed by atoms with Gasteiger partial charge in [-0.1, -0.05) is 6.07 Å². The van der Waals surface area contributed by atoms with Crippen LogP contribution in [0.5, 0.6) is 0 Å². The molecule has 0 unspecified atom stereocenters. The molecule has 0 saturated heterocycles. The number of nitriles is 1. The molecule has 0 aromatic carbocycles. The Morgan fingerprint density at radius 1 is 1.53 bits per heavy atom. The highest BCUT2D eigenvalue weighted by Crippen LogP contribution is 2.22. The van der Waals surface area contributed by atoms with Crippen molar-refractivity contribution in [2.75, 3.05) is 0 Å². The van der Waals surface area contributed by atoms with Crippen molar-refractivity contribution >= 4 is 11.3 Å². The Morgan fingerprint density at radius 3 is 3.20 bits per heavy atom. The van der Waals surface area contributed by atoms with Crippen LogP contribution in [0, 0.1) is 11.3 Å². The van der Waals surface area contributed by atoms with Gasteiger partial charge in [0.15, 0.2) is 0 Å². The maximum Gasteiger partial charge on any atom is 0.149 e. The van der Waals surface area contributed by atoms with E-state index in [1.54, 1.807) is 17.5 Å². The van der Waals surface area contributed by atoms with E-state index in [9.17, 15) is 0 Å². The van der Waals surface area contributed by atoms with Crippen molar-refractivity contribution in [3.63, 3.8) is 0 Å². The molecule has 2 heterocycles. The molecule has 0 N–H and O–H groups in total. The lowest BCUT2D eigenvalue weighted by Gasteiger charge is -2.03. The zero-order chi connectivity index (χ0) is 10.5. The predicted octanol–water partition coefficient (Wildman–Crippen LogP) is 2.92. The van der Waals surface area contributed by atoms with Gasteiger partial charge in [0.1, 0.15) is 5.82 Å². The summed E-state index contributed by atoms with van der Waals surface area (Å²) in [6.07, 6.45) is 5.25. The van der Waals surface area contributed by atoms with E-state index in [0.29, 0.717) is 6.42 Å². The van der Waals surface area contributed by atoms with Crippen molar-refractivity contribution in [1.82, 2.24) is 9.55 Å². The van der Waals surface area contributed by atoms with Gasteiger partial charge in [0.25, 0.3) is 0 Å². The average molecular weight is 217 g/mol. The maximum atomic E-state index is 8.48. The smallest absolute Gasteiger partial charge is 0.149 e. The highest BCUT2D eigenvalue weighted by atomic mass is 32.1. The summed E-state index contributed by atoms with van der Waals surface area (Å²) < 4.78 is 2.10. The number of thiophene rings is 1. The molecule has 2 aromatic heterocycles. The highest BCUT2D eigenvalue weighted by Gasteiger charge is 2.05. The minimum atomic E-state index is 0.599. The van der Waals surface area contributed by atoms with Crippen LogP contribution in [0.2, 0.25) is 0 Å². The lowest BCUT2D eigenvalue weighted by atomic mass is 10.3. The first kappa shape index (κ1) is 9.94. The molecule has 3 nitrogen and oxygen atoms in total. The van der Waals surface area contributed by atoms with Crippen LogP contribution in [0.25, 0.3) is 10.7 Å². The van der Waals surface area contributed by atoms with Gasteiger partial charge in [-0.05, 0) is 17.9 Å². The first-order chi connectivity index (χ1) is 7.42. The summed E-state index contributed by atoms with van der Waals surface area (Å²) >= 11 is 1.69. The summed E-state index contributed by atoms with van der Waals surface area (Å²) in [5.74, 6) is 1.00. The van der Waals surface area contributed by atoms with Crippen molar-refractivity contribution in [3.05, 3.63) is 29.9 Å². The van der Waals surface area contributed by atoms with E-state index in [1.807, 2.05) is 17.6 Å². The Bertz CT molecular complexity index is 450. The molecule has 0 bridgehead atoms. The quantitative estimate of drug-likeness (QED) is 0.739. The fourth-order valence-corrected chi connectivity index (χ4v) is 2.19. The van der Waals surface area contributed by atoms with Gasteiger partial charge in [-0.2, -0.15) is 5.26 Å². The molecule has 0 fully saturated rings. The number of rotatable bonds is 4. The molecule has 2 aromatic rings. The summed E-state index contributed by atoms with van der Waals surface area (Å²) in [6, 6.07) is 6.24. The Hall–Kier alpha value is -1.60. The largest absolute Gasteiger partial charge is 0.330 e. The molecular formula is C11H11N3S. The van der Waals surface area contributed by atoms with E-state index in [2.05, 4.69) is 21.7 Å². The summed E-state index contributed by atoms with van der Waals surface area (Å²) in [7, 11) is 0. The summed E-state index contributed by atoms with van der Waals surface area (Å²) in [5.41, 5.74) is 0. The third-order valence-corrected chi connectivity index (χ3v) is 3.01. The van der Waals surface area contributed by atoms with Crippen LogP contribution in [-0.2, 0) is 6.54 Å². The van der Waals surface area contributed by atoms with Crippen LogP contribution in [0.1, 0.15) is 12.8 Å². The Labute approximate surface area is 92.6 Å². The number of hydrogen-bond donors (Lipinski definition) is 0. The highest BCUT2D eigenvalue weighted by molar-refractivity contribution is 7.13. The van der Waals surface area contributed by atoms with Gasteiger partial charge in [0.05, 0.1) is 10.9 Å². The predicted molar refractivity (Wildman–Crippen MR) is 60.4 cm³/mol. The van der Waals surface area contributed by atoms with Crippen molar-refractivity contribution in [2.45, 2.75) is 19.4 Å². The zero-order valence-electron chi connectivity index (χ0n) is 8.26. The number of aromatic nitrogens is 2. The fraction of sp³-hybridized carbons (Fsp3) is 0.273. The monoisotopic (exact) mass is 217 g/mol. The van der Waals surface area contributed by atoms with E-state index < -0.39 is 0 Å². The van der Waals surface area contributed by atoms with Gasteiger partial charge in [0.2, 0.25) is 0 Å². The summed E-state index contributed by atoms with van der Waals surface area (Å²) in [4.78, 5) is 5.51. The molecule has 76 valence electrons. The van der Waals surface area contributed by atoms with Crippen molar-refractivity contribution in [3.8, 4) is 16.8 Å². The maximum absolute atomic E-state index is 8.48. The third kappa shape index (κ3) is 2.25. The fourth-order valence-electron chi connectivity index (χ4n) is 1.45. The molecule has 0 spiro atoms. The van der Waals surface area contributed by atoms with Crippen LogP contribution in [0.4, 0.5) is 0 Å². The second kappa shape index (κ2) is 4.76. The van der Waals surface area contributed by atoms with Crippen molar-refractivity contribution in [2.24, 2.45) is 0 Å². The molecule has 0 aliphatic heterocycles. The summed E-state index contributed by atoms with van der Waals surface area (Å²) in [5, 5.41) is 10.5. The Kier molecular flexibility index (Phi) is 3.15. The van der Waals surface area contributed by atoms with E-state index in [1.165, 1.54) is 4.88 Å². The number of hydrogen-bond acceptors (Lipinski definition) is 3. The molecule has 0 atom stereocenters. The van der Waals surface area contributed by atoms with Gasteiger partial charge in [0, 0.05) is 25.4 Å². The lowest BCUT2D eigenvalue weighted by Crippen LogP contribution is -1.98. The van der Waals surface area contributed by atoms with Crippen molar-refractivity contribution < 1.29 is 0 Å². The van der Waals surface area contributed by atoms with Gasteiger partial charge in [-0.3, -0.25) is 0 Å². The summed E-state index contributed by atoms with van der Waals surface area (Å²) in [6.45, 7) is 0.862. The minimum Gasteiger partial charge on any atom is -0.330 e. The van der Waals surface area contributed by atoms with Gasteiger partial charge in [-0.15, -0.1) is 11.3 Å². The van der Waals surface area contributed by atoms with Crippen LogP contribution in [0.3, 0.4) is 0 Å². The second-order valence-corrected chi connectivity index (χ2v) is 4.13. The molecular weight excluding hydrogens is 206 g/mol. The first-order valence-electron chi connectivity index (χ1n) is 4.84. The molecule has 0 radical (unpaired) electrons. The topological polar surface area (TPSA) is 41.6 Å². The number of unbranched alkanes of at least 4 members (excludes halogenated alkanes) is 1. The molecule has 0 aliphatic carbocycles. The number of nitrogens with zero attached hydrogens (tertiary/aromatic N) is 3. The van der Waals surface area contributed by atoms with Crippen LogP contribution >= 0.6 is 11.3 Å². The molecule has 2 rings (SSSR count). The SMILES string of the molecule is N#CCCCn1ccnc1-c1cccs1. The lowest BCUT2D eigenvalue weighted by molar-refractivity contribution is 0.659. The first-order valence-corrected chi connectivity index (χ1v) is 5.72. The molecule has 0 aliphatic rings. The molecule has 15 heavy (non-hydrogen) atoms. The Balaban J connectivity index is 2.13. The molecule has 4 heteroatoms. The number of aryl methyl sites for hydroxylation is 1. The van der Waals surface area contributed by atoms with Crippen LogP contribution in [0.15, 0.2) is 29.9 Å². The standard InChI is InChI=1S/C11H11N3S/c12-5-1-2-7-14-8-6-13-11(14)10-4-3-9-15-10/h3-4,6,8-9H,1-2,7H2. The average Bonchev–Trinajstić information content (AvgIpc) is 2.87. The van der Waals surface area contributed by atoms with E-state index in [-0.39, 0.29) is 0 Å². The van der Waals surface area contributed by atoms with Crippen molar-refractivity contribution in [1.29, 1.82) is 5.26 Å². The van der Waals surface area contributed by atoms with Gasteiger partial charge in [-0.25, -0.2) is 4.98 Å². The van der Waals surface area contributed by atoms with Crippen LogP contribution < -0.4 is 0 Å². The van der Waals surface area contributed by atoms with E-state index in [4.69, 9.17) is 5.26 Å². The number of imidazole rings is 1. The minimum absolute atomic E-state index is 0.599. The second-order valence-electron chi connectivity index (χ2n) is 3.18.